The highest BCUT2D eigenvalue weighted by Gasteiger charge is 2.42. The lowest BCUT2D eigenvalue weighted by molar-refractivity contribution is -0.133. The molecule has 9 heteroatoms. The average molecular weight is 509 g/mol. The summed E-state index contributed by atoms with van der Waals surface area (Å²) in [4.78, 5) is 39.6. The van der Waals surface area contributed by atoms with Gasteiger partial charge in [-0.1, -0.05) is 30.7 Å². The number of hydrogen-bond donors (Lipinski definition) is 2. The van der Waals surface area contributed by atoms with E-state index in [1.54, 1.807) is 6.33 Å². The first-order valence-corrected chi connectivity index (χ1v) is 13.5. The zero-order valence-electron chi connectivity index (χ0n) is 20.6. The summed E-state index contributed by atoms with van der Waals surface area (Å²) in [5, 5.41) is 7.18. The van der Waals surface area contributed by atoms with Crippen molar-refractivity contribution >= 4 is 35.1 Å². The number of anilines is 2. The highest BCUT2D eigenvalue weighted by Crippen LogP contribution is 2.39. The molecular weight excluding hydrogens is 476 g/mol. The molecule has 1 saturated carbocycles. The van der Waals surface area contributed by atoms with Gasteiger partial charge in [0.2, 0.25) is 11.8 Å². The van der Waals surface area contributed by atoms with Crippen LogP contribution in [0.1, 0.15) is 62.0 Å². The lowest BCUT2D eigenvalue weighted by Crippen LogP contribution is -2.48. The van der Waals surface area contributed by atoms with E-state index in [1.807, 2.05) is 24.3 Å². The predicted octanol–water partition coefficient (Wildman–Crippen LogP) is 3.54. The fourth-order valence-corrected chi connectivity index (χ4v) is 6.24. The Morgan fingerprint density at radius 3 is 2.78 bits per heavy atom. The van der Waals surface area contributed by atoms with Crippen LogP contribution in [0.25, 0.3) is 0 Å². The zero-order valence-corrected chi connectivity index (χ0v) is 21.4. The second kappa shape index (κ2) is 9.63. The second-order valence-corrected chi connectivity index (χ2v) is 11.3. The monoisotopic (exact) mass is 508 g/mol. The van der Waals surface area contributed by atoms with Crippen LogP contribution in [0.15, 0.2) is 30.6 Å². The summed E-state index contributed by atoms with van der Waals surface area (Å²) in [7, 11) is 0. The van der Waals surface area contributed by atoms with Crippen LogP contribution < -0.4 is 15.5 Å². The van der Waals surface area contributed by atoms with Crippen LogP contribution in [0.4, 0.5) is 11.6 Å². The maximum absolute atomic E-state index is 14.0. The first kappa shape index (κ1) is 23.7. The SMILES string of the molecule is C[C@@H]1CC(=O)Nc2ncnc(N3CCC4CC(C3)N(C(=O)[C@H](CNC3CC3)c3ccc(Cl)cc3)C4)c21. The first-order valence-electron chi connectivity index (χ1n) is 13.1. The number of hydrogen-bond acceptors (Lipinski definition) is 6. The molecule has 2 aromatic rings. The van der Waals surface area contributed by atoms with Gasteiger partial charge >= 0.3 is 0 Å². The van der Waals surface area contributed by atoms with Crippen molar-refractivity contribution in [1.82, 2.24) is 20.2 Å². The maximum atomic E-state index is 14.0. The normalized spacial score (nSPS) is 26.3. The summed E-state index contributed by atoms with van der Waals surface area (Å²) in [6, 6.07) is 8.41. The number of benzene rings is 1. The van der Waals surface area contributed by atoms with Crippen LogP contribution >= 0.6 is 11.6 Å². The Labute approximate surface area is 216 Å². The molecular formula is C27H33ClN6O2. The van der Waals surface area contributed by atoms with E-state index >= 15 is 0 Å². The van der Waals surface area contributed by atoms with Gasteiger partial charge in [0.15, 0.2) is 0 Å². The van der Waals surface area contributed by atoms with Crippen molar-refractivity contribution in [2.24, 2.45) is 5.92 Å². The Morgan fingerprint density at radius 2 is 2.00 bits per heavy atom. The van der Waals surface area contributed by atoms with Gasteiger partial charge in [0, 0.05) is 55.3 Å². The molecule has 2 unspecified atom stereocenters. The molecule has 8 nitrogen and oxygen atoms in total. The smallest absolute Gasteiger partial charge is 0.231 e. The van der Waals surface area contributed by atoms with E-state index in [2.05, 4.69) is 37.3 Å². The topological polar surface area (TPSA) is 90.5 Å². The Morgan fingerprint density at radius 1 is 1.19 bits per heavy atom. The molecule has 190 valence electrons. The van der Waals surface area contributed by atoms with Crippen molar-refractivity contribution in [1.29, 1.82) is 0 Å². The molecule has 2 bridgehead atoms. The quantitative estimate of drug-likeness (QED) is 0.620. The third kappa shape index (κ3) is 4.68. The summed E-state index contributed by atoms with van der Waals surface area (Å²) < 4.78 is 0. The Kier molecular flexibility index (Phi) is 6.33. The van der Waals surface area contributed by atoms with Crippen molar-refractivity contribution in [3.05, 3.63) is 46.7 Å². The molecule has 4 heterocycles. The summed E-state index contributed by atoms with van der Waals surface area (Å²) in [5.74, 6) is 2.05. The summed E-state index contributed by atoms with van der Waals surface area (Å²) in [6.45, 7) is 5.18. The van der Waals surface area contributed by atoms with Gasteiger partial charge in [-0.3, -0.25) is 9.59 Å². The first-order chi connectivity index (χ1) is 17.5. The Hall–Kier alpha value is -2.71. The van der Waals surface area contributed by atoms with E-state index in [9.17, 15) is 9.59 Å². The summed E-state index contributed by atoms with van der Waals surface area (Å²) in [5.41, 5.74) is 2.03. The van der Waals surface area contributed by atoms with Gasteiger partial charge in [0.25, 0.3) is 0 Å². The van der Waals surface area contributed by atoms with E-state index in [0.717, 1.165) is 49.4 Å². The van der Waals surface area contributed by atoms with Crippen molar-refractivity contribution < 1.29 is 9.59 Å². The molecule has 0 radical (unpaired) electrons. The number of carbonyl (C=O) groups is 2. The van der Waals surface area contributed by atoms with Crippen LogP contribution in [0.2, 0.25) is 5.02 Å². The molecule has 3 aliphatic heterocycles. The van der Waals surface area contributed by atoms with Gasteiger partial charge in [-0.15, -0.1) is 0 Å². The van der Waals surface area contributed by atoms with Crippen LogP contribution in [-0.2, 0) is 9.59 Å². The van der Waals surface area contributed by atoms with Crippen molar-refractivity contribution in [3.63, 3.8) is 0 Å². The molecule has 2 N–H and O–H groups in total. The van der Waals surface area contributed by atoms with Gasteiger partial charge in [-0.05, 0) is 55.2 Å². The molecule has 1 aromatic carbocycles. The summed E-state index contributed by atoms with van der Waals surface area (Å²) >= 11 is 6.14. The van der Waals surface area contributed by atoms with Gasteiger partial charge < -0.3 is 20.4 Å². The van der Waals surface area contributed by atoms with Crippen molar-refractivity contribution in [3.8, 4) is 0 Å². The highest BCUT2D eigenvalue weighted by atomic mass is 35.5. The predicted molar refractivity (Wildman–Crippen MR) is 139 cm³/mol. The van der Waals surface area contributed by atoms with Crippen LogP contribution in [-0.4, -0.2) is 64.9 Å². The van der Waals surface area contributed by atoms with Crippen molar-refractivity contribution in [2.75, 3.05) is 36.4 Å². The highest BCUT2D eigenvalue weighted by molar-refractivity contribution is 6.30. The molecule has 0 spiro atoms. The third-order valence-electron chi connectivity index (χ3n) is 8.19. The largest absolute Gasteiger partial charge is 0.354 e. The third-order valence-corrected chi connectivity index (χ3v) is 8.44. The minimum Gasteiger partial charge on any atom is -0.354 e. The molecule has 36 heavy (non-hydrogen) atoms. The molecule has 3 fully saturated rings. The minimum atomic E-state index is -0.223. The zero-order chi connectivity index (χ0) is 24.8. The number of amides is 2. The van der Waals surface area contributed by atoms with E-state index in [1.165, 1.54) is 12.8 Å². The van der Waals surface area contributed by atoms with Crippen LogP contribution in [0.3, 0.4) is 0 Å². The average Bonchev–Trinajstić information content (AvgIpc) is 3.62. The fourth-order valence-electron chi connectivity index (χ4n) is 6.11. The number of rotatable bonds is 6. The van der Waals surface area contributed by atoms with Gasteiger partial charge in [-0.2, -0.15) is 0 Å². The van der Waals surface area contributed by atoms with Gasteiger partial charge in [0.05, 0.1) is 5.92 Å². The minimum absolute atomic E-state index is 0.000562. The van der Waals surface area contributed by atoms with E-state index in [-0.39, 0.29) is 29.7 Å². The van der Waals surface area contributed by atoms with E-state index < -0.39 is 0 Å². The van der Waals surface area contributed by atoms with Crippen LogP contribution in [0, 0.1) is 5.92 Å². The van der Waals surface area contributed by atoms with Crippen LogP contribution in [0.5, 0.6) is 0 Å². The Bertz CT molecular complexity index is 1150. The fraction of sp³-hybridized carbons (Fsp3) is 0.556. The molecule has 6 rings (SSSR count). The van der Waals surface area contributed by atoms with Gasteiger partial charge in [0.1, 0.15) is 18.0 Å². The second-order valence-electron chi connectivity index (χ2n) is 10.9. The number of aromatic nitrogens is 2. The van der Waals surface area contributed by atoms with Gasteiger partial charge in [-0.25, -0.2) is 9.97 Å². The number of nitrogens with one attached hydrogen (secondary N) is 2. The maximum Gasteiger partial charge on any atom is 0.231 e. The molecule has 2 amide bonds. The molecule has 1 aliphatic carbocycles. The lowest BCUT2D eigenvalue weighted by Gasteiger charge is -2.36. The number of nitrogens with zero attached hydrogens (tertiary/aromatic N) is 4. The number of likely N-dealkylation sites (tertiary alicyclic amines) is 1. The number of halogens is 1. The number of carbonyl (C=O) groups excluding carboxylic acids is 2. The number of fused-ring (bicyclic) bond motifs is 3. The Balaban J connectivity index is 1.25. The molecule has 4 atom stereocenters. The molecule has 2 saturated heterocycles. The molecule has 4 aliphatic rings. The standard InChI is InChI=1S/C27H33ClN6O2/c1-16-10-23(35)32-25-24(16)26(31-15-30-25)33-9-8-17-11-21(14-33)34(13-17)27(36)22(12-29-20-6-7-20)18-2-4-19(28)5-3-18/h2-5,15-17,20-22,29H,6-14H2,1H3,(H,30,31,32,35)/t16-,17?,21?,22-/m1/s1. The lowest BCUT2D eigenvalue weighted by atomic mass is 9.94. The molecule has 1 aromatic heterocycles. The van der Waals surface area contributed by atoms with E-state index in [4.69, 9.17) is 11.6 Å². The summed E-state index contributed by atoms with van der Waals surface area (Å²) in [6.07, 6.45) is 6.39. The van der Waals surface area contributed by atoms with Crippen molar-refractivity contribution in [2.45, 2.75) is 62.9 Å². The van der Waals surface area contributed by atoms with E-state index in [0.29, 0.717) is 35.8 Å².